The molecule has 0 saturated heterocycles. The molecule has 2 aromatic heterocycles. The molecule has 8 nitrogen and oxygen atoms in total. The minimum Gasteiger partial charge on any atom is -0.494 e. The molecule has 2 aliphatic heterocycles. The number of hydrogen-bond donors (Lipinski definition) is 2. The van der Waals surface area contributed by atoms with E-state index in [1.165, 1.54) is 9.13 Å². The SMILES string of the molecule is CC(C)(CCOCCOCCC(C)(C)Cn1c(O)c2c(cc1=O)SCC2)Cn1c(O)c2c(cc1=O)SCC2. The molecule has 0 aliphatic carbocycles. The van der Waals surface area contributed by atoms with E-state index in [0.717, 1.165) is 58.1 Å². The van der Waals surface area contributed by atoms with Gasteiger partial charge in [-0.25, -0.2) is 0 Å². The van der Waals surface area contributed by atoms with E-state index in [4.69, 9.17) is 9.47 Å². The molecule has 210 valence electrons. The first-order valence-corrected chi connectivity index (χ1v) is 15.3. The van der Waals surface area contributed by atoms with Crippen LogP contribution in [0.2, 0.25) is 0 Å². The zero-order valence-electron chi connectivity index (χ0n) is 22.9. The molecule has 2 aliphatic rings. The van der Waals surface area contributed by atoms with Crippen LogP contribution in [-0.4, -0.2) is 57.3 Å². The topological polar surface area (TPSA) is 103 Å². The summed E-state index contributed by atoms with van der Waals surface area (Å²) in [7, 11) is 0. The summed E-state index contributed by atoms with van der Waals surface area (Å²) < 4.78 is 14.6. The van der Waals surface area contributed by atoms with Gasteiger partial charge in [-0.1, -0.05) is 27.7 Å². The quantitative estimate of drug-likeness (QED) is 0.348. The van der Waals surface area contributed by atoms with Crippen molar-refractivity contribution in [2.45, 2.75) is 76.3 Å². The zero-order valence-corrected chi connectivity index (χ0v) is 24.5. The lowest BCUT2D eigenvalue weighted by atomic mass is 9.89. The van der Waals surface area contributed by atoms with Gasteiger partial charge in [0, 0.05) is 70.9 Å². The molecule has 0 fully saturated rings. The van der Waals surface area contributed by atoms with E-state index in [9.17, 15) is 19.8 Å². The van der Waals surface area contributed by atoms with Gasteiger partial charge in [-0.3, -0.25) is 18.7 Å². The van der Waals surface area contributed by atoms with Crippen LogP contribution >= 0.6 is 23.5 Å². The van der Waals surface area contributed by atoms with Crippen LogP contribution in [0.1, 0.15) is 51.7 Å². The highest BCUT2D eigenvalue weighted by Crippen LogP contribution is 2.37. The molecule has 0 atom stereocenters. The van der Waals surface area contributed by atoms with E-state index in [0.29, 0.717) is 39.5 Å². The summed E-state index contributed by atoms with van der Waals surface area (Å²) in [5.74, 6) is 2.03. The van der Waals surface area contributed by atoms with Gasteiger partial charge in [0.25, 0.3) is 11.1 Å². The number of ether oxygens (including phenoxy) is 2. The molecule has 2 aromatic rings. The Hall–Kier alpha value is -1.88. The van der Waals surface area contributed by atoms with Gasteiger partial charge in [-0.05, 0) is 36.5 Å². The number of thioether (sulfide) groups is 2. The van der Waals surface area contributed by atoms with Crippen LogP contribution in [0.15, 0.2) is 31.5 Å². The van der Waals surface area contributed by atoms with Crippen LogP contribution < -0.4 is 11.1 Å². The number of rotatable bonds is 13. The van der Waals surface area contributed by atoms with Gasteiger partial charge in [-0.15, -0.1) is 23.5 Å². The first kappa shape index (κ1) is 29.1. The molecular formula is C28H40N2O6S2. The van der Waals surface area contributed by atoms with E-state index < -0.39 is 0 Å². The summed E-state index contributed by atoms with van der Waals surface area (Å²) in [6.07, 6.45) is 3.08. The van der Waals surface area contributed by atoms with Crippen molar-refractivity contribution in [3.8, 4) is 11.8 Å². The minimum atomic E-state index is -0.216. The van der Waals surface area contributed by atoms with Crippen LogP contribution in [0.3, 0.4) is 0 Å². The van der Waals surface area contributed by atoms with Gasteiger partial charge >= 0.3 is 0 Å². The Labute approximate surface area is 232 Å². The Morgan fingerprint density at radius 3 is 1.53 bits per heavy atom. The molecule has 4 rings (SSSR count). The third-order valence-corrected chi connectivity index (χ3v) is 9.46. The Balaban J connectivity index is 1.15. The number of fused-ring (bicyclic) bond motifs is 2. The van der Waals surface area contributed by atoms with Gasteiger partial charge < -0.3 is 19.7 Å². The average Bonchev–Trinajstić information content (AvgIpc) is 3.51. The number of hydrogen-bond acceptors (Lipinski definition) is 8. The minimum absolute atomic E-state index is 0.109. The lowest BCUT2D eigenvalue weighted by molar-refractivity contribution is 0.0257. The Morgan fingerprint density at radius 2 is 1.13 bits per heavy atom. The molecule has 4 heterocycles. The van der Waals surface area contributed by atoms with E-state index in [2.05, 4.69) is 27.7 Å². The lowest BCUT2D eigenvalue weighted by Gasteiger charge is -2.27. The molecular weight excluding hydrogens is 524 g/mol. The standard InChI is InChI=1S/C28H40N2O6S2/c1-27(2,17-29-23(31)15-21-19(25(29)33)5-13-37-21)7-9-35-11-12-36-10-8-28(3,4)18-30-24(32)16-22-20(26(30)34)6-14-38-22/h15-16,33-34H,5-14,17-18H2,1-4H3. The summed E-state index contributed by atoms with van der Waals surface area (Å²) in [6.45, 7) is 11.2. The fraction of sp³-hybridized carbons (Fsp3) is 0.643. The largest absolute Gasteiger partial charge is 0.494 e. The maximum absolute atomic E-state index is 12.5. The summed E-state index contributed by atoms with van der Waals surface area (Å²) in [6, 6.07) is 3.29. The summed E-state index contributed by atoms with van der Waals surface area (Å²) >= 11 is 3.25. The molecule has 0 unspecified atom stereocenters. The van der Waals surface area contributed by atoms with Gasteiger partial charge in [0.05, 0.1) is 13.2 Å². The second kappa shape index (κ2) is 12.1. The van der Waals surface area contributed by atoms with Crippen molar-refractivity contribution < 1.29 is 19.7 Å². The van der Waals surface area contributed by atoms with Crippen molar-refractivity contribution in [3.63, 3.8) is 0 Å². The van der Waals surface area contributed by atoms with Crippen molar-refractivity contribution in [2.75, 3.05) is 37.9 Å². The Morgan fingerprint density at radius 1 is 0.737 bits per heavy atom. The zero-order chi connectivity index (χ0) is 27.5. The molecule has 0 bridgehead atoms. The van der Waals surface area contributed by atoms with Crippen molar-refractivity contribution >= 4 is 23.5 Å². The average molecular weight is 565 g/mol. The molecule has 0 spiro atoms. The number of aromatic hydroxyl groups is 2. The predicted molar refractivity (Wildman–Crippen MR) is 152 cm³/mol. The molecule has 2 N–H and O–H groups in total. The van der Waals surface area contributed by atoms with Crippen molar-refractivity contribution in [2.24, 2.45) is 10.8 Å². The van der Waals surface area contributed by atoms with Gasteiger partial charge in [0.15, 0.2) is 11.8 Å². The number of nitrogens with zero attached hydrogens (tertiary/aromatic N) is 2. The highest BCUT2D eigenvalue weighted by molar-refractivity contribution is 7.99. The van der Waals surface area contributed by atoms with Crippen LogP contribution in [-0.2, 0) is 35.4 Å². The predicted octanol–water partition coefficient (Wildman–Crippen LogP) is 4.28. The first-order valence-electron chi connectivity index (χ1n) is 13.3. The molecule has 0 radical (unpaired) electrons. The fourth-order valence-electron chi connectivity index (χ4n) is 4.90. The second-order valence-electron chi connectivity index (χ2n) is 11.7. The lowest BCUT2D eigenvalue weighted by Crippen LogP contribution is -2.30. The Bertz CT molecular complexity index is 1170. The number of aromatic nitrogens is 2. The van der Waals surface area contributed by atoms with Gasteiger partial charge in [-0.2, -0.15) is 0 Å². The highest BCUT2D eigenvalue weighted by atomic mass is 32.2. The fourth-order valence-corrected chi connectivity index (χ4v) is 7.06. The Kier molecular flexibility index (Phi) is 9.27. The van der Waals surface area contributed by atoms with Crippen LogP contribution in [0, 0.1) is 10.8 Å². The molecule has 10 heteroatoms. The molecule has 38 heavy (non-hydrogen) atoms. The smallest absolute Gasteiger partial charge is 0.254 e. The van der Waals surface area contributed by atoms with Crippen LogP contribution in [0.4, 0.5) is 0 Å². The molecule has 0 saturated carbocycles. The summed E-state index contributed by atoms with van der Waals surface area (Å²) in [5, 5.41) is 21.2. The van der Waals surface area contributed by atoms with Crippen LogP contribution in [0.25, 0.3) is 0 Å². The maximum Gasteiger partial charge on any atom is 0.254 e. The second-order valence-corrected chi connectivity index (χ2v) is 14.0. The highest BCUT2D eigenvalue weighted by Gasteiger charge is 2.26. The van der Waals surface area contributed by atoms with Crippen molar-refractivity contribution in [1.29, 1.82) is 0 Å². The maximum atomic E-state index is 12.5. The van der Waals surface area contributed by atoms with Gasteiger partial charge in [0.1, 0.15) is 0 Å². The van der Waals surface area contributed by atoms with Crippen molar-refractivity contribution in [1.82, 2.24) is 9.13 Å². The normalized spacial score (nSPS) is 15.2. The summed E-state index contributed by atoms with van der Waals surface area (Å²) in [5.41, 5.74) is 1.03. The first-order chi connectivity index (χ1) is 18.0. The van der Waals surface area contributed by atoms with Gasteiger partial charge in [0.2, 0.25) is 0 Å². The van der Waals surface area contributed by atoms with E-state index in [1.807, 2.05) is 0 Å². The van der Waals surface area contributed by atoms with Crippen molar-refractivity contribution in [3.05, 3.63) is 44.0 Å². The molecule has 0 amide bonds. The third kappa shape index (κ3) is 7.00. The number of pyridine rings is 2. The monoisotopic (exact) mass is 564 g/mol. The summed E-state index contributed by atoms with van der Waals surface area (Å²) in [4.78, 5) is 26.8. The molecule has 0 aromatic carbocycles. The van der Waals surface area contributed by atoms with Crippen LogP contribution in [0.5, 0.6) is 11.8 Å². The van der Waals surface area contributed by atoms with E-state index in [-0.39, 0.29) is 33.7 Å². The van der Waals surface area contributed by atoms with E-state index in [1.54, 1.807) is 35.7 Å². The van der Waals surface area contributed by atoms with E-state index >= 15 is 0 Å². The third-order valence-electron chi connectivity index (χ3n) is 7.30.